The summed E-state index contributed by atoms with van der Waals surface area (Å²) in [6.45, 7) is 2.57. The Morgan fingerprint density at radius 1 is 1.57 bits per heavy atom. The number of amides is 1. The number of nitrogens with zero attached hydrogens (tertiary/aromatic N) is 1. The molecule has 7 nitrogen and oxygen atoms in total. The van der Waals surface area contributed by atoms with Gasteiger partial charge in [0.1, 0.15) is 5.69 Å². The largest absolute Gasteiger partial charge is 0.481 e. The lowest BCUT2D eigenvalue weighted by Gasteiger charge is -2.19. The van der Waals surface area contributed by atoms with Crippen LogP contribution in [0, 0.1) is 16.0 Å². The van der Waals surface area contributed by atoms with Crippen molar-refractivity contribution in [1.82, 2.24) is 0 Å². The van der Waals surface area contributed by atoms with Crippen molar-refractivity contribution in [1.29, 1.82) is 0 Å². The number of hydrogen-bond donors (Lipinski definition) is 2. The van der Waals surface area contributed by atoms with Gasteiger partial charge in [0.05, 0.1) is 16.7 Å². The molecule has 0 radical (unpaired) electrons. The fraction of sp³-hybridized carbons (Fsp3) is 0.462. The van der Waals surface area contributed by atoms with Crippen LogP contribution in [0.2, 0.25) is 0 Å². The second-order valence-electron chi connectivity index (χ2n) is 4.90. The molecule has 0 aliphatic carbocycles. The van der Waals surface area contributed by atoms with E-state index < -0.39 is 4.92 Å². The van der Waals surface area contributed by atoms with Crippen molar-refractivity contribution < 1.29 is 14.5 Å². The van der Waals surface area contributed by atoms with Gasteiger partial charge in [0.15, 0.2) is 12.4 Å². The highest BCUT2D eigenvalue weighted by Gasteiger charge is 2.23. The summed E-state index contributed by atoms with van der Waals surface area (Å²) >= 11 is 1.73. The highest BCUT2D eigenvalue weighted by atomic mass is 32.2. The van der Waals surface area contributed by atoms with Gasteiger partial charge in [-0.25, -0.2) is 0 Å². The molecule has 1 amide bonds. The summed E-state index contributed by atoms with van der Waals surface area (Å²) in [6.07, 6.45) is 2.02. The first kappa shape index (κ1) is 15.4. The molecule has 1 aromatic rings. The van der Waals surface area contributed by atoms with Crippen LogP contribution in [0.5, 0.6) is 5.75 Å². The molecule has 0 fully saturated rings. The highest BCUT2D eigenvalue weighted by Crippen LogP contribution is 2.37. The molecular weight excluding hydrogens is 294 g/mol. The SMILES string of the molecule is CSCC(C)CNc1cc2c(cc1[N+](=O)[O-])OCC(=O)N2. The van der Waals surface area contributed by atoms with Crippen LogP contribution in [0.15, 0.2) is 12.1 Å². The number of nitrogens with one attached hydrogen (secondary N) is 2. The standard InChI is InChI=1S/C13H17N3O4S/c1-8(7-21-2)5-14-9-3-10-12(4-11(9)16(18)19)20-6-13(17)15-10/h3-4,8,14H,5-7H2,1-2H3,(H,15,17). The molecule has 0 spiro atoms. The van der Waals surface area contributed by atoms with Crippen molar-refractivity contribution >= 4 is 34.7 Å². The molecule has 1 aromatic carbocycles. The first-order chi connectivity index (χ1) is 10.0. The van der Waals surface area contributed by atoms with Gasteiger partial charge in [0.25, 0.3) is 11.6 Å². The van der Waals surface area contributed by atoms with E-state index in [0.717, 1.165) is 5.75 Å². The second kappa shape index (κ2) is 6.66. The average Bonchev–Trinajstić information content (AvgIpc) is 2.44. The van der Waals surface area contributed by atoms with Crippen molar-refractivity contribution in [3.05, 3.63) is 22.2 Å². The Morgan fingerprint density at radius 2 is 2.33 bits per heavy atom. The lowest BCUT2D eigenvalue weighted by molar-refractivity contribution is -0.384. The third kappa shape index (κ3) is 3.78. The number of hydrogen-bond acceptors (Lipinski definition) is 6. The van der Waals surface area contributed by atoms with Crippen LogP contribution in [0.4, 0.5) is 17.1 Å². The van der Waals surface area contributed by atoms with Crippen molar-refractivity contribution in [2.75, 3.05) is 35.8 Å². The van der Waals surface area contributed by atoms with E-state index in [1.165, 1.54) is 6.07 Å². The monoisotopic (exact) mass is 311 g/mol. The Balaban J connectivity index is 2.23. The van der Waals surface area contributed by atoms with Crippen LogP contribution in [-0.2, 0) is 4.79 Å². The van der Waals surface area contributed by atoms with Crippen LogP contribution in [-0.4, -0.2) is 36.0 Å². The number of nitro groups is 1. The number of carbonyl (C=O) groups is 1. The quantitative estimate of drug-likeness (QED) is 0.618. The lowest BCUT2D eigenvalue weighted by atomic mass is 10.1. The number of ether oxygens (including phenoxy) is 1. The summed E-state index contributed by atoms with van der Waals surface area (Å²) in [5, 5.41) is 16.9. The van der Waals surface area contributed by atoms with Gasteiger partial charge in [-0.3, -0.25) is 14.9 Å². The number of anilines is 2. The third-order valence-electron chi connectivity index (χ3n) is 3.02. The molecule has 1 aliphatic heterocycles. The first-order valence-electron chi connectivity index (χ1n) is 6.49. The summed E-state index contributed by atoms with van der Waals surface area (Å²) in [5.41, 5.74) is 0.788. The number of benzene rings is 1. The maximum Gasteiger partial charge on any atom is 0.296 e. The van der Waals surface area contributed by atoms with Crippen molar-refractivity contribution in [3.63, 3.8) is 0 Å². The second-order valence-corrected chi connectivity index (χ2v) is 5.81. The summed E-state index contributed by atoms with van der Waals surface area (Å²) in [7, 11) is 0. The molecule has 21 heavy (non-hydrogen) atoms. The Morgan fingerprint density at radius 3 is 3.00 bits per heavy atom. The highest BCUT2D eigenvalue weighted by molar-refractivity contribution is 7.98. The Kier molecular flexibility index (Phi) is 4.89. The van der Waals surface area contributed by atoms with Gasteiger partial charge in [-0.2, -0.15) is 11.8 Å². The zero-order valence-corrected chi connectivity index (χ0v) is 12.7. The maximum atomic E-state index is 11.3. The van der Waals surface area contributed by atoms with E-state index in [4.69, 9.17) is 4.74 Å². The van der Waals surface area contributed by atoms with Crippen molar-refractivity contribution in [2.45, 2.75) is 6.92 Å². The van der Waals surface area contributed by atoms with Crippen LogP contribution in [0.25, 0.3) is 0 Å². The number of rotatable bonds is 6. The molecule has 0 saturated heterocycles. The fourth-order valence-electron chi connectivity index (χ4n) is 2.04. The molecule has 0 aromatic heterocycles. The zero-order chi connectivity index (χ0) is 15.4. The Labute approximate surface area is 126 Å². The number of carbonyl (C=O) groups excluding carboxylic acids is 1. The molecule has 2 rings (SSSR count). The normalized spacial score (nSPS) is 14.7. The zero-order valence-electron chi connectivity index (χ0n) is 11.8. The van der Waals surface area contributed by atoms with Gasteiger partial charge in [-0.1, -0.05) is 6.92 Å². The van der Waals surface area contributed by atoms with Crippen LogP contribution in [0.3, 0.4) is 0 Å². The third-order valence-corrected chi connectivity index (χ3v) is 3.92. The predicted molar refractivity (Wildman–Crippen MR) is 83.3 cm³/mol. The Bertz CT molecular complexity index is 565. The van der Waals surface area contributed by atoms with Gasteiger partial charge in [0.2, 0.25) is 0 Å². The Hall–Kier alpha value is -1.96. The smallest absolute Gasteiger partial charge is 0.296 e. The molecule has 1 aliphatic rings. The summed E-state index contributed by atoms with van der Waals surface area (Å²) in [6, 6.07) is 2.90. The predicted octanol–water partition coefficient (Wildman–Crippen LogP) is 2.34. The number of nitro benzene ring substituents is 1. The van der Waals surface area contributed by atoms with Crippen LogP contribution < -0.4 is 15.4 Å². The molecule has 0 saturated carbocycles. The van der Waals surface area contributed by atoms with Gasteiger partial charge in [-0.15, -0.1) is 0 Å². The van der Waals surface area contributed by atoms with E-state index >= 15 is 0 Å². The number of thioether (sulfide) groups is 1. The molecule has 0 bridgehead atoms. The summed E-state index contributed by atoms with van der Waals surface area (Å²) in [4.78, 5) is 22.0. The molecule has 1 unspecified atom stereocenters. The van der Waals surface area contributed by atoms with Gasteiger partial charge < -0.3 is 15.4 Å². The van der Waals surface area contributed by atoms with Gasteiger partial charge >= 0.3 is 0 Å². The molecule has 8 heteroatoms. The van der Waals surface area contributed by atoms with Crippen molar-refractivity contribution in [2.24, 2.45) is 5.92 Å². The van der Waals surface area contributed by atoms with E-state index in [1.54, 1.807) is 17.8 Å². The van der Waals surface area contributed by atoms with E-state index in [2.05, 4.69) is 17.6 Å². The maximum absolute atomic E-state index is 11.3. The van der Waals surface area contributed by atoms with E-state index in [0.29, 0.717) is 29.6 Å². The van der Waals surface area contributed by atoms with E-state index in [1.807, 2.05) is 6.26 Å². The minimum atomic E-state index is -0.457. The summed E-state index contributed by atoms with van der Waals surface area (Å²) in [5.74, 6) is 1.40. The molecule has 2 N–H and O–H groups in total. The van der Waals surface area contributed by atoms with Crippen LogP contribution in [0.1, 0.15) is 6.92 Å². The van der Waals surface area contributed by atoms with Crippen molar-refractivity contribution in [3.8, 4) is 5.75 Å². The minimum absolute atomic E-state index is 0.0544. The van der Waals surface area contributed by atoms with Gasteiger partial charge in [0, 0.05) is 6.54 Å². The minimum Gasteiger partial charge on any atom is -0.481 e. The molecular formula is C13H17N3O4S. The fourth-order valence-corrected chi connectivity index (χ4v) is 2.72. The summed E-state index contributed by atoms with van der Waals surface area (Å²) < 4.78 is 5.20. The number of fused-ring (bicyclic) bond motifs is 1. The topological polar surface area (TPSA) is 93.5 Å². The van der Waals surface area contributed by atoms with Gasteiger partial charge in [-0.05, 0) is 24.0 Å². The van der Waals surface area contributed by atoms with E-state index in [9.17, 15) is 14.9 Å². The lowest BCUT2D eigenvalue weighted by Crippen LogP contribution is -2.25. The molecule has 1 heterocycles. The first-order valence-corrected chi connectivity index (χ1v) is 7.88. The molecule has 1 atom stereocenters. The van der Waals surface area contributed by atoms with E-state index in [-0.39, 0.29) is 18.2 Å². The van der Waals surface area contributed by atoms with Crippen LogP contribution >= 0.6 is 11.8 Å². The molecule has 114 valence electrons. The average molecular weight is 311 g/mol.